The molecule has 1 aromatic heterocycles. The topological polar surface area (TPSA) is 47.0 Å². The first kappa shape index (κ1) is 12.3. The van der Waals surface area contributed by atoms with Crippen molar-refractivity contribution < 1.29 is 17.9 Å². The molecule has 0 saturated heterocycles. The molecule has 0 atom stereocenters. The molecule has 0 radical (unpaired) electrons. The quantitative estimate of drug-likeness (QED) is 0.882. The Balaban J connectivity index is 2.39. The van der Waals surface area contributed by atoms with E-state index in [4.69, 9.17) is 4.74 Å². The molecule has 0 spiro atoms. The number of alkyl halides is 3. The lowest BCUT2D eigenvalue weighted by atomic mass is 10.2. The maximum absolute atomic E-state index is 12.8. The molecular weight excluding hydrogens is 235 g/mol. The zero-order chi connectivity index (χ0) is 12.5. The molecule has 0 unspecified atom stereocenters. The average Bonchev–Trinajstić information content (AvgIpc) is 2.71. The lowest BCUT2D eigenvalue weighted by Crippen LogP contribution is -2.16. The summed E-state index contributed by atoms with van der Waals surface area (Å²) in [6.07, 6.45) is -4.44. The SMILES string of the molecule is CCOCc1nc2c(c(C(F)(F)F)n1)CNC2. The van der Waals surface area contributed by atoms with Crippen LogP contribution in [0.2, 0.25) is 0 Å². The minimum absolute atomic E-state index is 0.00681. The van der Waals surface area contributed by atoms with E-state index in [1.807, 2.05) is 0 Å². The van der Waals surface area contributed by atoms with Crippen LogP contribution in [0, 0.1) is 0 Å². The van der Waals surface area contributed by atoms with Crippen LogP contribution in [0.1, 0.15) is 29.7 Å². The van der Waals surface area contributed by atoms with Crippen LogP contribution in [0.4, 0.5) is 13.2 Å². The third kappa shape index (κ3) is 2.55. The standard InChI is InChI=1S/C10H12F3N3O/c1-2-17-5-8-15-7-4-14-3-6(7)9(16-8)10(11,12)13/h14H,2-5H2,1H3. The molecule has 4 nitrogen and oxygen atoms in total. The fourth-order valence-corrected chi connectivity index (χ4v) is 1.71. The Hall–Kier alpha value is -1.21. The number of hydrogen-bond acceptors (Lipinski definition) is 4. The Labute approximate surface area is 96.2 Å². The maximum atomic E-state index is 12.8. The highest BCUT2D eigenvalue weighted by molar-refractivity contribution is 5.31. The summed E-state index contributed by atoms with van der Waals surface area (Å²) in [4.78, 5) is 7.62. The molecule has 0 aromatic carbocycles. The van der Waals surface area contributed by atoms with Crippen molar-refractivity contribution in [3.8, 4) is 0 Å². The van der Waals surface area contributed by atoms with Gasteiger partial charge in [0.2, 0.25) is 0 Å². The van der Waals surface area contributed by atoms with Crippen LogP contribution < -0.4 is 5.32 Å². The van der Waals surface area contributed by atoms with Gasteiger partial charge >= 0.3 is 6.18 Å². The Bertz CT molecular complexity index is 420. The number of rotatable bonds is 3. The van der Waals surface area contributed by atoms with Gasteiger partial charge in [-0.25, -0.2) is 9.97 Å². The smallest absolute Gasteiger partial charge is 0.374 e. The van der Waals surface area contributed by atoms with Gasteiger partial charge in [-0.3, -0.25) is 0 Å². The second-order valence-corrected chi connectivity index (χ2v) is 3.65. The monoisotopic (exact) mass is 247 g/mol. The zero-order valence-electron chi connectivity index (χ0n) is 9.26. The summed E-state index contributed by atoms with van der Waals surface area (Å²) in [5.74, 6) is 0.0848. The highest BCUT2D eigenvalue weighted by atomic mass is 19.4. The van der Waals surface area contributed by atoms with Crippen molar-refractivity contribution in [2.45, 2.75) is 32.8 Å². The van der Waals surface area contributed by atoms with E-state index in [1.54, 1.807) is 6.92 Å². The van der Waals surface area contributed by atoms with E-state index >= 15 is 0 Å². The fraction of sp³-hybridized carbons (Fsp3) is 0.600. The lowest BCUT2D eigenvalue weighted by Gasteiger charge is -2.12. The highest BCUT2D eigenvalue weighted by Crippen LogP contribution is 2.33. The molecule has 0 bridgehead atoms. The van der Waals surface area contributed by atoms with Crippen molar-refractivity contribution >= 4 is 0 Å². The van der Waals surface area contributed by atoms with Crippen molar-refractivity contribution in [2.24, 2.45) is 0 Å². The van der Waals surface area contributed by atoms with Crippen LogP contribution in [0.3, 0.4) is 0 Å². The summed E-state index contributed by atoms with van der Waals surface area (Å²) in [6, 6.07) is 0. The average molecular weight is 247 g/mol. The third-order valence-corrected chi connectivity index (χ3v) is 2.44. The van der Waals surface area contributed by atoms with Gasteiger partial charge < -0.3 is 10.1 Å². The summed E-state index contributed by atoms with van der Waals surface area (Å²) in [5.41, 5.74) is -0.276. The van der Waals surface area contributed by atoms with Crippen LogP contribution >= 0.6 is 0 Å². The third-order valence-electron chi connectivity index (χ3n) is 2.44. The van der Waals surface area contributed by atoms with Crippen molar-refractivity contribution in [3.05, 3.63) is 22.8 Å². The molecule has 94 valence electrons. The first-order valence-electron chi connectivity index (χ1n) is 5.26. The summed E-state index contributed by atoms with van der Waals surface area (Å²) in [5, 5.41) is 2.84. The van der Waals surface area contributed by atoms with E-state index in [0.717, 1.165) is 0 Å². The minimum atomic E-state index is -4.44. The van der Waals surface area contributed by atoms with Gasteiger partial charge in [0.05, 0.1) is 5.69 Å². The maximum Gasteiger partial charge on any atom is 0.433 e. The molecule has 1 aromatic rings. The van der Waals surface area contributed by atoms with E-state index in [1.165, 1.54) is 0 Å². The molecule has 1 N–H and O–H groups in total. The van der Waals surface area contributed by atoms with E-state index in [-0.39, 0.29) is 24.5 Å². The molecule has 0 aliphatic carbocycles. The van der Waals surface area contributed by atoms with Gasteiger partial charge in [0, 0.05) is 25.3 Å². The second kappa shape index (κ2) is 4.58. The first-order valence-corrected chi connectivity index (χ1v) is 5.26. The van der Waals surface area contributed by atoms with Gasteiger partial charge in [-0.15, -0.1) is 0 Å². The Morgan fingerprint density at radius 1 is 1.29 bits per heavy atom. The van der Waals surface area contributed by atoms with Crippen molar-refractivity contribution in [2.75, 3.05) is 6.61 Å². The zero-order valence-corrected chi connectivity index (χ0v) is 9.26. The van der Waals surface area contributed by atoms with Crippen LogP contribution in [0.25, 0.3) is 0 Å². The number of fused-ring (bicyclic) bond motifs is 1. The normalized spacial score (nSPS) is 15.1. The number of nitrogens with zero attached hydrogens (tertiary/aromatic N) is 2. The summed E-state index contributed by atoms with van der Waals surface area (Å²) in [6.45, 7) is 2.70. The molecule has 2 heterocycles. The van der Waals surface area contributed by atoms with Crippen molar-refractivity contribution in [1.29, 1.82) is 0 Å². The van der Waals surface area contributed by atoms with Gasteiger partial charge in [0.25, 0.3) is 0 Å². The molecule has 0 amide bonds. The second-order valence-electron chi connectivity index (χ2n) is 3.65. The minimum Gasteiger partial charge on any atom is -0.374 e. The van der Waals surface area contributed by atoms with Crippen LogP contribution in [0.5, 0.6) is 0 Å². The van der Waals surface area contributed by atoms with Gasteiger partial charge in [0.1, 0.15) is 6.61 Å². The van der Waals surface area contributed by atoms with E-state index < -0.39 is 11.9 Å². The van der Waals surface area contributed by atoms with Gasteiger partial charge in [-0.2, -0.15) is 13.2 Å². The van der Waals surface area contributed by atoms with Crippen molar-refractivity contribution in [3.63, 3.8) is 0 Å². The van der Waals surface area contributed by atoms with E-state index in [9.17, 15) is 13.2 Å². The largest absolute Gasteiger partial charge is 0.433 e. The Kier molecular flexibility index (Phi) is 3.30. The van der Waals surface area contributed by atoms with Gasteiger partial charge in [-0.05, 0) is 6.92 Å². The lowest BCUT2D eigenvalue weighted by molar-refractivity contribution is -0.142. The summed E-state index contributed by atoms with van der Waals surface area (Å²) >= 11 is 0. The highest BCUT2D eigenvalue weighted by Gasteiger charge is 2.38. The number of ether oxygens (including phenoxy) is 1. The summed E-state index contributed by atoms with van der Waals surface area (Å²) in [7, 11) is 0. The molecule has 7 heteroatoms. The van der Waals surface area contributed by atoms with Crippen molar-refractivity contribution in [1.82, 2.24) is 15.3 Å². The molecular formula is C10H12F3N3O. The van der Waals surface area contributed by atoms with Crippen LogP contribution in [-0.2, 0) is 30.6 Å². The molecule has 0 fully saturated rings. The molecule has 2 rings (SSSR count). The Morgan fingerprint density at radius 2 is 2.06 bits per heavy atom. The van der Waals surface area contributed by atoms with E-state index in [2.05, 4.69) is 15.3 Å². The molecule has 0 saturated carbocycles. The molecule has 1 aliphatic rings. The molecule has 1 aliphatic heterocycles. The Morgan fingerprint density at radius 3 is 2.71 bits per heavy atom. The fourth-order valence-electron chi connectivity index (χ4n) is 1.71. The predicted octanol–water partition coefficient (Wildman–Crippen LogP) is 1.64. The number of hydrogen-bond donors (Lipinski definition) is 1. The van der Waals surface area contributed by atoms with Gasteiger partial charge in [-0.1, -0.05) is 0 Å². The van der Waals surface area contributed by atoms with E-state index in [0.29, 0.717) is 18.8 Å². The predicted molar refractivity (Wildman–Crippen MR) is 52.9 cm³/mol. The first-order chi connectivity index (χ1) is 8.02. The number of aromatic nitrogens is 2. The van der Waals surface area contributed by atoms with Crippen LogP contribution in [-0.4, -0.2) is 16.6 Å². The van der Waals surface area contributed by atoms with Crippen LogP contribution in [0.15, 0.2) is 0 Å². The van der Waals surface area contributed by atoms with Gasteiger partial charge in [0.15, 0.2) is 11.5 Å². The number of halogens is 3. The summed E-state index contributed by atoms with van der Waals surface area (Å²) < 4.78 is 43.4. The number of nitrogens with one attached hydrogen (secondary N) is 1. The molecule has 17 heavy (non-hydrogen) atoms.